The molecule has 0 bridgehead atoms. The zero-order chi connectivity index (χ0) is 19.5. The van der Waals surface area contributed by atoms with Crippen molar-refractivity contribution in [1.82, 2.24) is 14.8 Å². The number of halogens is 1. The van der Waals surface area contributed by atoms with Gasteiger partial charge in [0.25, 0.3) is 5.95 Å². The largest absolute Gasteiger partial charge is 0.324 e. The number of hydrogen-bond donors (Lipinski definition) is 2. The Morgan fingerprint density at radius 3 is 2.64 bits per heavy atom. The molecule has 0 unspecified atom stereocenters. The number of anilines is 2. The first kappa shape index (κ1) is 18.3. The molecule has 1 aliphatic rings. The normalized spacial score (nSPS) is 15.4. The van der Waals surface area contributed by atoms with Crippen LogP contribution in [0, 0.1) is 0 Å². The van der Waals surface area contributed by atoms with E-state index < -0.39 is 0 Å². The van der Waals surface area contributed by atoms with E-state index in [9.17, 15) is 4.79 Å². The van der Waals surface area contributed by atoms with Crippen molar-refractivity contribution in [3.05, 3.63) is 76.8 Å². The fraction of sp³-hybridized carbons (Fsp3) is 0.190. The van der Waals surface area contributed by atoms with Gasteiger partial charge in [-0.25, -0.2) is 4.68 Å². The van der Waals surface area contributed by atoms with Gasteiger partial charge in [0.2, 0.25) is 11.9 Å². The van der Waals surface area contributed by atoms with Crippen molar-refractivity contribution in [2.45, 2.75) is 25.8 Å². The minimum atomic E-state index is -0.173. The maximum absolute atomic E-state index is 12.0. The first-order valence-electron chi connectivity index (χ1n) is 9.20. The van der Waals surface area contributed by atoms with Crippen LogP contribution in [0.3, 0.4) is 0 Å². The smallest absolute Gasteiger partial charge is 0.250 e. The van der Waals surface area contributed by atoms with Gasteiger partial charge in [-0.05, 0) is 35.8 Å². The number of rotatable bonds is 5. The second-order valence-corrected chi connectivity index (χ2v) is 7.01. The summed E-state index contributed by atoms with van der Waals surface area (Å²) in [5.74, 6) is 0.778. The van der Waals surface area contributed by atoms with Crippen LogP contribution >= 0.6 is 11.6 Å². The molecule has 1 amide bonds. The fourth-order valence-corrected chi connectivity index (χ4v) is 3.27. The predicted octanol–water partition coefficient (Wildman–Crippen LogP) is 4.73. The van der Waals surface area contributed by atoms with Crippen LogP contribution in [0.2, 0.25) is 5.02 Å². The molecule has 0 spiro atoms. The average molecular weight is 394 g/mol. The van der Waals surface area contributed by atoms with Crippen molar-refractivity contribution >= 4 is 35.1 Å². The van der Waals surface area contributed by atoms with E-state index in [1.165, 1.54) is 0 Å². The highest BCUT2D eigenvalue weighted by Gasteiger charge is 2.25. The molecule has 28 heavy (non-hydrogen) atoms. The molecular formula is C21H20ClN5O. The van der Waals surface area contributed by atoms with Gasteiger partial charge in [-0.15, -0.1) is 5.10 Å². The van der Waals surface area contributed by atoms with E-state index >= 15 is 0 Å². The van der Waals surface area contributed by atoms with Gasteiger partial charge < -0.3 is 5.32 Å². The Bertz CT molecular complexity index is 1010. The molecule has 142 valence electrons. The number of nitrogens with one attached hydrogen (secondary N) is 2. The van der Waals surface area contributed by atoms with Gasteiger partial charge in [-0.3, -0.25) is 10.1 Å². The monoisotopic (exact) mass is 393 g/mol. The van der Waals surface area contributed by atoms with E-state index in [4.69, 9.17) is 11.6 Å². The first-order valence-corrected chi connectivity index (χ1v) is 9.58. The molecule has 0 radical (unpaired) electrons. The van der Waals surface area contributed by atoms with Crippen LogP contribution < -0.4 is 10.6 Å². The summed E-state index contributed by atoms with van der Waals surface area (Å²) < 4.78 is 1.78. The maximum Gasteiger partial charge on any atom is 0.250 e. The summed E-state index contributed by atoms with van der Waals surface area (Å²) in [5, 5.41) is 11.3. The summed E-state index contributed by atoms with van der Waals surface area (Å²) in [6, 6.07) is 17.5. The van der Waals surface area contributed by atoms with Gasteiger partial charge in [-0.1, -0.05) is 61.0 Å². The van der Waals surface area contributed by atoms with Crippen molar-refractivity contribution in [2.75, 3.05) is 10.6 Å². The highest BCUT2D eigenvalue weighted by atomic mass is 35.5. The molecule has 0 fully saturated rings. The summed E-state index contributed by atoms with van der Waals surface area (Å²) in [7, 11) is 0. The van der Waals surface area contributed by atoms with Crippen LogP contribution in [0.1, 0.15) is 36.9 Å². The van der Waals surface area contributed by atoms with Crippen molar-refractivity contribution in [3.63, 3.8) is 0 Å². The highest BCUT2D eigenvalue weighted by molar-refractivity contribution is 6.30. The summed E-state index contributed by atoms with van der Waals surface area (Å²) in [6.07, 6.45) is 3.30. The third-order valence-corrected chi connectivity index (χ3v) is 4.74. The van der Waals surface area contributed by atoms with E-state index in [1.54, 1.807) is 4.68 Å². The topological polar surface area (TPSA) is 71.8 Å². The molecule has 0 saturated heterocycles. The number of hydrogen-bond acceptors (Lipinski definition) is 4. The Hall–Kier alpha value is -3.12. The lowest BCUT2D eigenvalue weighted by atomic mass is 10.0. The predicted molar refractivity (Wildman–Crippen MR) is 111 cm³/mol. The second-order valence-electron chi connectivity index (χ2n) is 6.57. The Labute approximate surface area is 168 Å². The fourth-order valence-electron chi connectivity index (χ4n) is 3.14. The van der Waals surface area contributed by atoms with E-state index in [0.717, 1.165) is 23.2 Å². The first-order chi connectivity index (χ1) is 13.6. The molecule has 2 heterocycles. The molecule has 1 aromatic heterocycles. The standard InChI is InChI=1S/C21H20ClN5O/c1-2-6-19(28)24-20-25-21-23-17(14-7-4-3-5-8-14)13-18(27(21)26-20)15-9-11-16(22)12-10-15/h3-5,7-13,18H,2,6H2,1H3,(H2,23,24,25,26,28)/t18-/m1/s1. The lowest BCUT2D eigenvalue weighted by molar-refractivity contribution is -0.116. The summed E-state index contributed by atoms with van der Waals surface area (Å²) >= 11 is 6.06. The Balaban J connectivity index is 1.73. The number of nitrogens with zero attached hydrogens (tertiary/aromatic N) is 3. The Morgan fingerprint density at radius 1 is 1.18 bits per heavy atom. The molecule has 6 nitrogen and oxygen atoms in total. The maximum atomic E-state index is 12.0. The Morgan fingerprint density at radius 2 is 1.93 bits per heavy atom. The van der Waals surface area contributed by atoms with E-state index in [2.05, 4.69) is 26.8 Å². The average Bonchev–Trinajstić information content (AvgIpc) is 3.11. The van der Waals surface area contributed by atoms with Gasteiger partial charge in [-0.2, -0.15) is 4.98 Å². The van der Waals surface area contributed by atoms with Crippen molar-refractivity contribution in [2.24, 2.45) is 0 Å². The molecule has 3 aromatic rings. The molecule has 4 rings (SSSR count). The highest BCUT2D eigenvalue weighted by Crippen LogP contribution is 2.33. The number of carbonyl (C=O) groups is 1. The molecule has 1 atom stereocenters. The SMILES string of the molecule is CCCC(=O)Nc1nc2n(n1)[C@@H](c1ccc(Cl)cc1)C=C(c1ccccc1)N2. The van der Waals surface area contributed by atoms with Crippen molar-refractivity contribution in [3.8, 4) is 0 Å². The zero-order valence-electron chi connectivity index (χ0n) is 15.4. The quantitative estimate of drug-likeness (QED) is 0.657. The number of allylic oxidation sites excluding steroid dienone is 1. The number of carbonyl (C=O) groups excluding carboxylic acids is 1. The molecule has 2 N–H and O–H groups in total. The van der Waals surface area contributed by atoms with Crippen molar-refractivity contribution < 1.29 is 4.79 Å². The van der Waals surface area contributed by atoms with E-state index in [0.29, 0.717) is 23.3 Å². The van der Waals surface area contributed by atoms with Crippen LogP contribution in [0.5, 0.6) is 0 Å². The molecule has 2 aromatic carbocycles. The van der Waals surface area contributed by atoms with Crippen LogP contribution in [0.15, 0.2) is 60.7 Å². The summed E-state index contributed by atoms with van der Waals surface area (Å²) in [6.45, 7) is 1.96. The van der Waals surface area contributed by atoms with Crippen LogP contribution in [-0.2, 0) is 4.79 Å². The molecular weight excluding hydrogens is 374 g/mol. The lowest BCUT2D eigenvalue weighted by Crippen LogP contribution is -2.20. The number of aromatic nitrogens is 3. The number of amides is 1. The van der Waals surface area contributed by atoms with Crippen LogP contribution in [0.4, 0.5) is 11.9 Å². The van der Waals surface area contributed by atoms with E-state index in [-0.39, 0.29) is 11.9 Å². The van der Waals surface area contributed by atoms with Crippen LogP contribution in [-0.4, -0.2) is 20.7 Å². The van der Waals surface area contributed by atoms with Gasteiger partial charge in [0.1, 0.15) is 6.04 Å². The molecule has 0 saturated carbocycles. The van der Waals surface area contributed by atoms with E-state index in [1.807, 2.05) is 61.5 Å². The summed E-state index contributed by atoms with van der Waals surface area (Å²) in [4.78, 5) is 16.4. The van der Waals surface area contributed by atoms with Gasteiger partial charge >= 0.3 is 0 Å². The zero-order valence-corrected chi connectivity index (χ0v) is 16.1. The molecule has 7 heteroatoms. The van der Waals surface area contributed by atoms with Gasteiger partial charge in [0.05, 0.1) is 0 Å². The van der Waals surface area contributed by atoms with Crippen molar-refractivity contribution in [1.29, 1.82) is 0 Å². The molecule has 0 aliphatic carbocycles. The lowest BCUT2D eigenvalue weighted by Gasteiger charge is -2.24. The minimum Gasteiger partial charge on any atom is -0.324 e. The molecule has 1 aliphatic heterocycles. The third kappa shape index (κ3) is 3.77. The van der Waals surface area contributed by atoms with Gasteiger partial charge in [0, 0.05) is 17.1 Å². The van der Waals surface area contributed by atoms with Gasteiger partial charge in [0.15, 0.2) is 0 Å². The minimum absolute atomic E-state index is 0.0928. The third-order valence-electron chi connectivity index (χ3n) is 4.49. The number of fused-ring (bicyclic) bond motifs is 1. The summed E-state index contributed by atoms with van der Waals surface area (Å²) in [5.41, 5.74) is 3.01. The van der Waals surface area contributed by atoms with Crippen LogP contribution in [0.25, 0.3) is 5.70 Å². The second kappa shape index (κ2) is 7.86. The number of benzene rings is 2. The Kier molecular flexibility index (Phi) is 5.12.